The Morgan fingerprint density at radius 3 is 2.33 bits per heavy atom. The third kappa shape index (κ3) is 3.34. The first-order valence-corrected chi connectivity index (χ1v) is 3.79. The Balaban J connectivity index is 0.00000121. The molecule has 0 radical (unpaired) electrons. The van der Waals surface area contributed by atoms with Crippen LogP contribution in [0.2, 0.25) is 0 Å². The average Bonchev–Trinajstić information content (AvgIpc) is 2.07. The van der Waals surface area contributed by atoms with Crippen molar-refractivity contribution in [2.45, 2.75) is 6.61 Å². The van der Waals surface area contributed by atoms with Crippen LogP contribution in [0.15, 0.2) is 24.3 Å². The van der Waals surface area contributed by atoms with Crippen LogP contribution < -0.4 is 4.52 Å². The Labute approximate surface area is 82.8 Å². The Morgan fingerprint density at radius 2 is 1.92 bits per heavy atom. The summed E-state index contributed by atoms with van der Waals surface area (Å²) in [6, 6.07) is 6.72. The molecule has 0 aromatic heterocycles. The first-order valence-electron chi connectivity index (χ1n) is 3.06. The van der Waals surface area contributed by atoms with Gasteiger partial charge in [0.2, 0.25) is 0 Å². The van der Waals surface area contributed by atoms with Gasteiger partial charge in [-0.15, -0.1) is 0 Å². The fraction of sp³-hybridized carbons (Fsp3) is 0.143. The van der Waals surface area contributed by atoms with Gasteiger partial charge in [0.25, 0.3) is 0 Å². The molecule has 0 spiro atoms. The summed E-state index contributed by atoms with van der Waals surface area (Å²) in [4.78, 5) is 0. The van der Waals surface area contributed by atoms with Crippen molar-refractivity contribution >= 4 is 26.0 Å². The minimum Gasteiger partial charge on any atom is -0.408 e. The zero-order chi connectivity index (χ0) is 8.10. The standard InChI is InChI=1S/C7H7O3P.Al.3H/c8-5-6-1-3-7(4-2-6)10-11-9;;;;/h1-4,8H,5H2;;;;. The molecule has 0 unspecified atom stereocenters. The van der Waals surface area contributed by atoms with Gasteiger partial charge in [-0.3, -0.25) is 0 Å². The van der Waals surface area contributed by atoms with Crippen LogP contribution in [0, 0.1) is 0 Å². The SMILES string of the molecule is O=POc1ccc(CO)cc1.[AlH3]. The molecular weight excluding hydrogens is 190 g/mol. The van der Waals surface area contributed by atoms with Gasteiger partial charge in [0.1, 0.15) is 5.75 Å². The molecule has 64 valence electrons. The lowest BCUT2D eigenvalue weighted by atomic mass is 10.2. The minimum absolute atomic E-state index is 0. The maximum absolute atomic E-state index is 9.95. The number of aliphatic hydroxyl groups is 1. The van der Waals surface area contributed by atoms with E-state index in [0.717, 1.165) is 5.56 Å². The molecule has 3 nitrogen and oxygen atoms in total. The predicted octanol–water partition coefficient (Wildman–Crippen LogP) is 0.580. The molecule has 1 aromatic rings. The Morgan fingerprint density at radius 1 is 1.33 bits per heavy atom. The van der Waals surface area contributed by atoms with Crippen LogP contribution in [0.1, 0.15) is 5.56 Å². The topological polar surface area (TPSA) is 46.5 Å². The van der Waals surface area contributed by atoms with Gasteiger partial charge in [-0.25, -0.2) is 4.57 Å². The van der Waals surface area contributed by atoms with Gasteiger partial charge < -0.3 is 9.63 Å². The zero-order valence-electron chi connectivity index (χ0n) is 5.73. The quantitative estimate of drug-likeness (QED) is 0.573. The molecule has 0 aliphatic heterocycles. The first-order chi connectivity index (χ1) is 5.36. The number of hydrogen-bond donors (Lipinski definition) is 1. The molecule has 1 aromatic carbocycles. The average molecular weight is 200 g/mol. The van der Waals surface area contributed by atoms with Gasteiger partial charge in [-0.05, 0) is 17.7 Å². The molecule has 1 rings (SSSR count). The maximum atomic E-state index is 9.95. The highest BCUT2D eigenvalue weighted by molar-refractivity contribution is 7.17. The molecule has 0 bridgehead atoms. The van der Waals surface area contributed by atoms with E-state index >= 15 is 0 Å². The van der Waals surface area contributed by atoms with Crippen molar-refractivity contribution < 1.29 is 14.2 Å². The third-order valence-corrected chi connectivity index (χ3v) is 1.53. The highest BCUT2D eigenvalue weighted by Crippen LogP contribution is 2.15. The van der Waals surface area contributed by atoms with Crippen molar-refractivity contribution in [3.05, 3.63) is 29.8 Å². The van der Waals surface area contributed by atoms with Crippen LogP contribution in [0.5, 0.6) is 5.75 Å². The van der Waals surface area contributed by atoms with Crippen molar-refractivity contribution in [2.75, 3.05) is 0 Å². The lowest BCUT2D eigenvalue weighted by molar-refractivity contribution is 0.282. The minimum atomic E-state index is -0.362. The summed E-state index contributed by atoms with van der Waals surface area (Å²) in [6.07, 6.45) is 0. The van der Waals surface area contributed by atoms with Gasteiger partial charge in [0.05, 0.1) is 6.61 Å². The van der Waals surface area contributed by atoms with E-state index in [9.17, 15) is 4.57 Å². The molecule has 0 saturated heterocycles. The molecule has 0 fully saturated rings. The molecule has 0 heterocycles. The van der Waals surface area contributed by atoms with E-state index in [2.05, 4.69) is 4.52 Å². The van der Waals surface area contributed by atoms with Crippen molar-refractivity contribution in [1.82, 2.24) is 0 Å². The third-order valence-electron chi connectivity index (χ3n) is 1.25. The number of hydrogen-bond acceptors (Lipinski definition) is 3. The lowest BCUT2D eigenvalue weighted by Gasteiger charge is -1.96. The molecule has 0 aliphatic carbocycles. The fourth-order valence-corrected chi connectivity index (χ4v) is 0.907. The van der Waals surface area contributed by atoms with E-state index in [1.54, 1.807) is 24.3 Å². The summed E-state index contributed by atoms with van der Waals surface area (Å²) >= 11 is 0. The maximum Gasteiger partial charge on any atom is 0.395 e. The molecule has 1 N–H and O–H groups in total. The smallest absolute Gasteiger partial charge is 0.395 e. The summed E-state index contributed by atoms with van der Waals surface area (Å²) < 4.78 is 14.6. The molecule has 5 heteroatoms. The second-order valence-electron chi connectivity index (χ2n) is 1.97. The summed E-state index contributed by atoms with van der Waals surface area (Å²) in [5, 5.41) is 8.65. The number of rotatable bonds is 3. The number of aliphatic hydroxyl groups excluding tert-OH is 1. The van der Waals surface area contributed by atoms with E-state index in [1.807, 2.05) is 0 Å². The van der Waals surface area contributed by atoms with Crippen LogP contribution in [0.25, 0.3) is 0 Å². The molecular formula is C7H10AlO3P. The van der Waals surface area contributed by atoms with E-state index in [-0.39, 0.29) is 32.7 Å². The van der Waals surface area contributed by atoms with E-state index < -0.39 is 0 Å². The Hall–Kier alpha value is -0.388. The second-order valence-corrected chi connectivity index (χ2v) is 2.30. The predicted molar refractivity (Wildman–Crippen MR) is 50.5 cm³/mol. The summed E-state index contributed by atoms with van der Waals surface area (Å²) in [6.45, 7) is 0.00929. The van der Waals surface area contributed by atoms with Crippen molar-refractivity contribution in [2.24, 2.45) is 0 Å². The van der Waals surface area contributed by atoms with Crippen LogP contribution in [-0.4, -0.2) is 22.5 Å². The molecule has 0 amide bonds. The van der Waals surface area contributed by atoms with Crippen LogP contribution in [0.4, 0.5) is 0 Å². The zero-order valence-corrected chi connectivity index (χ0v) is 6.62. The van der Waals surface area contributed by atoms with Crippen molar-refractivity contribution in [1.29, 1.82) is 0 Å². The van der Waals surface area contributed by atoms with Crippen LogP contribution >= 0.6 is 8.69 Å². The van der Waals surface area contributed by atoms with Crippen molar-refractivity contribution in [3.63, 3.8) is 0 Å². The summed E-state index contributed by atoms with van der Waals surface area (Å²) in [5.74, 6) is 0.527. The fourth-order valence-electron chi connectivity index (χ4n) is 0.699. The van der Waals surface area contributed by atoms with E-state index in [0.29, 0.717) is 5.75 Å². The molecule has 0 saturated carbocycles. The van der Waals surface area contributed by atoms with Gasteiger partial charge in [-0.2, -0.15) is 0 Å². The first kappa shape index (κ1) is 11.6. The van der Waals surface area contributed by atoms with E-state index in [1.165, 1.54) is 0 Å². The molecule has 12 heavy (non-hydrogen) atoms. The summed E-state index contributed by atoms with van der Waals surface area (Å²) in [7, 11) is -0.362. The van der Waals surface area contributed by atoms with Gasteiger partial charge in [0, 0.05) is 0 Å². The second kappa shape index (κ2) is 6.16. The molecule has 0 aliphatic rings. The monoisotopic (exact) mass is 200 g/mol. The normalized spacial score (nSPS) is 9.08. The lowest BCUT2D eigenvalue weighted by Crippen LogP contribution is -1.81. The van der Waals surface area contributed by atoms with Gasteiger partial charge in [-0.1, -0.05) is 12.1 Å². The van der Waals surface area contributed by atoms with E-state index in [4.69, 9.17) is 5.11 Å². The Bertz CT molecular complexity index is 237. The Kier molecular flexibility index (Phi) is 5.97. The highest BCUT2D eigenvalue weighted by atomic mass is 31.1. The summed E-state index contributed by atoms with van der Waals surface area (Å²) in [5.41, 5.74) is 0.805. The molecule has 0 atom stereocenters. The van der Waals surface area contributed by atoms with Crippen LogP contribution in [0.3, 0.4) is 0 Å². The van der Waals surface area contributed by atoms with Crippen molar-refractivity contribution in [3.8, 4) is 5.75 Å². The van der Waals surface area contributed by atoms with Gasteiger partial charge in [0.15, 0.2) is 17.4 Å². The largest absolute Gasteiger partial charge is 0.408 e. The van der Waals surface area contributed by atoms with Crippen LogP contribution in [-0.2, 0) is 11.2 Å². The van der Waals surface area contributed by atoms with Gasteiger partial charge >= 0.3 is 8.69 Å². The number of benzene rings is 1. The highest BCUT2D eigenvalue weighted by Gasteiger charge is 1.92.